The van der Waals surface area contributed by atoms with Crippen molar-refractivity contribution in [2.24, 2.45) is 0 Å². The number of amides is 1. The van der Waals surface area contributed by atoms with Crippen LogP contribution in [0.5, 0.6) is 0 Å². The second-order valence-corrected chi connectivity index (χ2v) is 10.3. The van der Waals surface area contributed by atoms with Crippen LogP contribution in [-0.4, -0.2) is 29.3 Å². The number of nitrogens with one attached hydrogen (secondary N) is 3. The molecule has 0 spiro atoms. The average Bonchev–Trinajstić information content (AvgIpc) is 2.74. The quantitative estimate of drug-likeness (QED) is 0.441. The standard InChI is InChI=1S/C20H17ClFN3O5S2/c21-14-8-10-16(11-9-14)31(27,28)23-13-20(26)24-15-4-3-5-17(12-15)32(29,30)25-19-7-2-1-6-18(19)22/h1-12,23,25H,13H2,(H,24,26). The van der Waals surface area contributed by atoms with E-state index in [2.05, 4.69) is 14.8 Å². The Hall–Kier alpha value is -2.99. The minimum atomic E-state index is -4.13. The highest BCUT2D eigenvalue weighted by Gasteiger charge is 2.18. The molecule has 0 aliphatic rings. The molecule has 3 aromatic rings. The Kier molecular flexibility index (Phi) is 7.14. The van der Waals surface area contributed by atoms with Crippen LogP contribution in [0.25, 0.3) is 0 Å². The van der Waals surface area contributed by atoms with Crippen molar-refractivity contribution in [1.29, 1.82) is 0 Å². The van der Waals surface area contributed by atoms with E-state index in [1.807, 2.05) is 0 Å². The van der Waals surface area contributed by atoms with Crippen molar-refractivity contribution in [3.05, 3.63) is 83.6 Å². The summed E-state index contributed by atoms with van der Waals surface area (Å²) >= 11 is 5.73. The van der Waals surface area contributed by atoms with Crippen molar-refractivity contribution in [3.63, 3.8) is 0 Å². The third-order valence-electron chi connectivity index (χ3n) is 4.09. The minimum absolute atomic E-state index is 0.0676. The van der Waals surface area contributed by atoms with Crippen molar-refractivity contribution < 1.29 is 26.0 Å². The Morgan fingerprint density at radius 3 is 2.22 bits per heavy atom. The van der Waals surface area contributed by atoms with E-state index >= 15 is 0 Å². The first-order valence-corrected chi connectivity index (χ1v) is 12.3. The molecule has 0 bridgehead atoms. The summed E-state index contributed by atoms with van der Waals surface area (Å²) in [6.45, 7) is -0.588. The molecular weight excluding hydrogens is 481 g/mol. The van der Waals surface area contributed by atoms with Gasteiger partial charge in [0.1, 0.15) is 5.82 Å². The number of rotatable bonds is 8. The lowest BCUT2D eigenvalue weighted by Crippen LogP contribution is -2.32. The molecule has 0 unspecified atom stereocenters. The number of para-hydroxylation sites is 1. The molecule has 0 saturated carbocycles. The predicted octanol–water partition coefficient (Wildman–Crippen LogP) is 3.20. The third kappa shape index (κ3) is 6.04. The second kappa shape index (κ2) is 9.65. The van der Waals surface area contributed by atoms with Gasteiger partial charge in [-0.15, -0.1) is 0 Å². The van der Waals surface area contributed by atoms with Crippen LogP contribution >= 0.6 is 11.6 Å². The molecule has 32 heavy (non-hydrogen) atoms. The summed E-state index contributed by atoms with van der Waals surface area (Å²) in [6.07, 6.45) is 0. The first-order valence-electron chi connectivity index (χ1n) is 8.99. The Morgan fingerprint density at radius 2 is 1.53 bits per heavy atom. The van der Waals surface area contributed by atoms with Gasteiger partial charge in [0.25, 0.3) is 10.0 Å². The SMILES string of the molecule is O=C(CNS(=O)(=O)c1ccc(Cl)cc1)Nc1cccc(S(=O)(=O)Nc2ccccc2F)c1. The van der Waals surface area contributed by atoms with Crippen LogP contribution < -0.4 is 14.8 Å². The summed E-state index contributed by atoms with van der Waals surface area (Å²) < 4.78 is 67.6. The van der Waals surface area contributed by atoms with Gasteiger partial charge in [-0.25, -0.2) is 25.9 Å². The highest BCUT2D eigenvalue weighted by molar-refractivity contribution is 7.92. The molecule has 3 rings (SSSR count). The number of hydrogen-bond acceptors (Lipinski definition) is 5. The Balaban J connectivity index is 1.67. The molecule has 0 fully saturated rings. The maximum atomic E-state index is 13.8. The number of carbonyl (C=O) groups is 1. The molecule has 12 heteroatoms. The molecule has 0 aliphatic carbocycles. The molecular formula is C20H17ClFN3O5S2. The predicted molar refractivity (Wildman–Crippen MR) is 119 cm³/mol. The number of sulfonamides is 2. The van der Waals surface area contributed by atoms with E-state index in [1.165, 1.54) is 60.7 Å². The minimum Gasteiger partial charge on any atom is -0.325 e. The highest BCUT2D eigenvalue weighted by Crippen LogP contribution is 2.21. The van der Waals surface area contributed by atoms with E-state index < -0.39 is 38.3 Å². The zero-order chi connectivity index (χ0) is 23.4. The zero-order valence-corrected chi connectivity index (χ0v) is 18.6. The largest absolute Gasteiger partial charge is 0.325 e. The number of hydrogen-bond donors (Lipinski definition) is 3. The van der Waals surface area contributed by atoms with Crippen molar-refractivity contribution in [3.8, 4) is 0 Å². The molecule has 168 valence electrons. The molecule has 0 radical (unpaired) electrons. The van der Waals surface area contributed by atoms with E-state index in [0.717, 1.165) is 12.1 Å². The summed E-state index contributed by atoms with van der Waals surface area (Å²) in [6, 6.07) is 15.9. The first kappa shape index (κ1) is 23.7. The van der Waals surface area contributed by atoms with E-state index in [1.54, 1.807) is 0 Å². The molecule has 0 atom stereocenters. The lowest BCUT2D eigenvalue weighted by molar-refractivity contribution is -0.115. The van der Waals surface area contributed by atoms with Crippen LogP contribution in [0.3, 0.4) is 0 Å². The summed E-state index contributed by atoms with van der Waals surface area (Å²) in [5, 5.41) is 2.77. The van der Waals surface area contributed by atoms with Crippen LogP contribution in [0.15, 0.2) is 82.6 Å². The van der Waals surface area contributed by atoms with Crippen LogP contribution in [-0.2, 0) is 24.8 Å². The Morgan fingerprint density at radius 1 is 0.844 bits per heavy atom. The van der Waals surface area contributed by atoms with Crippen LogP contribution in [0, 0.1) is 5.82 Å². The maximum Gasteiger partial charge on any atom is 0.262 e. The molecule has 0 saturated heterocycles. The molecule has 0 aromatic heterocycles. The summed E-state index contributed by atoms with van der Waals surface area (Å²) in [5.41, 5.74) is -0.115. The first-order chi connectivity index (χ1) is 15.1. The monoisotopic (exact) mass is 497 g/mol. The van der Waals surface area contributed by atoms with Crippen LogP contribution in [0.2, 0.25) is 5.02 Å². The Labute approximate surface area is 189 Å². The topological polar surface area (TPSA) is 121 Å². The molecule has 3 aromatic carbocycles. The molecule has 1 amide bonds. The maximum absolute atomic E-state index is 13.8. The molecule has 0 aliphatic heterocycles. The van der Waals surface area contributed by atoms with E-state index in [-0.39, 0.29) is 21.2 Å². The second-order valence-electron chi connectivity index (χ2n) is 6.44. The van der Waals surface area contributed by atoms with Gasteiger partial charge in [-0.05, 0) is 54.6 Å². The van der Waals surface area contributed by atoms with Crippen molar-refractivity contribution in [2.45, 2.75) is 9.79 Å². The van der Waals surface area contributed by atoms with Gasteiger partial charge >= 0.3 is 0 Å². The molecule has 8 nitrogen and oxygen atoms in total. The van der Waals surface area contributed by atoms with Gasteiger partial charge in [-0.1, -0.05) is 29.8 Å². The van der Waals surface area contributed by atoms with Gasteiger partial charge in [0.15, 0.2) is 0 Å². The fourth-order valence-corrected chi connectivity index (χ4v) is 4.77. The zero-order valence-electron chi connectivity index (χ0n) is 16.2. The van der Waals surface area contributed by atoms with Gasteiger partial charge in [-0.2, -0.15) is 0 Å². The fraction of sp³-hybridized carbons (Fsp3) is 0.0500. The number of anilines is 2. The van der Waals surface area contributed by atoms with Gasteiger partial charge in [0.05, 0.1) is 22.0 Å². The van der Waals surface area contributed by atoms with E-state index in [0.29, 0.717) is 5.02 Å². The van der Waals surface area contributed by atoms with Gasteiger partial charge in [-0.3, -0.25) is 9.52 Å². The van der Waals surface area contributed by atoms with E-state index in [4.69, 9.17) is 11.6 Å². The molecule has 3 N–H and O–H groups in total. The van der Waals surface area contributed by atoms with Crippen molar-refractivity contribution >= 4 is 48.9 Å². The fourth-order valence-electron chi connectivity index (χ4n) is 2.55. The van der Waals surface area contributed by atoms with Crippen molar-refractivity contribution in [2.75, 3.05) is 16.6 Å². The number of benzene rings is 3. The van der Waals surface area contributed by atoms with Gasteiger partial charge < -0.3 is 5.32 Å². The summed E-state index contributed by atoms with van der Waals surface area (Å²) in [5.74, 6) is -1.47. The molecule has 0 heterocycles. The smallest absolute Gasteiger partial charge is 0.262 e. The van der Waals surface area contributed by atoms with Crippen LogP contribution in [0.1, 0.15) is 0 Å². The lowest BCUT2D eigenvalue weighted by atomic mass is 10.3. The van der Waals surface area contributed by atoms with E-state index in [9.17, 15) is 26.0 Å². The Bertz CT molecular complexity index is 1350. The van der Waals surface area contributed by atoms with Crippen LogP contribution in [0.4, 0.5) is 15.8 Å². The van der Waals surface area contributed by atoms with Gasteiger partial charge in [0.2, 0.25) is 15.9 Å². The highest BCUT2D eigenvalue weighted by atomic mass is 35.5. The summed E-state index contributed by atoms with van der Waals surface area (Å²) in [7, 11) is -8.08. The number of halogens is 2. The summed E-state index contributed by atoms with van der Waals surface area (Å²) in [4.78, 5) is 11.9. The number of carbonyl (C=O) groups excluding carboxylic acids is 1. The van der Waals surface area contributed by atoms with Gasteiger partial charge in [0, 0.05) is 10.7 Å². The average molecular weight is 498 g/mol. The van der Waals surface area contributed by atoms with Crippen molar-refractivity contribution in [1.82, 2.24) is 4.72 Å². The normalized spacial score (nSPS) is 11.7. The third-order valence-corrected chi connectivity index (χ3v) is 7.13. The lowest BCUT2D eigenvalue weighted by Gasteiger charge is -2.11.